The summed E-state index contributed by atoms with van der Waals surface area (Å²) in [5.74, 6) is 3.98. The maximum Gasteiger partial charge on any atom is 0.315 e. The Morgan fingerprint density at radius 2 is 0.667 bits per heavy atom. The molecule has 4 fully saturated rings. The van der Waals surface area contributed by atoms with E-state index in [2.05, 4.69) is 168 Å². The van der Waals surface area contributed by atoms with Crippen molar-refractivity contribution >= 4 is 122 Å². The number of aromatic nitrogens is 12. The van der Waals surface area contributed by atoms with Crippen molar-refractivity contribution in [3.8, 4) is 0 Å². The summed E-state index contributed by atoms with van der Waals surface area (Å²) < 4.78 is 25.5. The first-order chi connectivity index (χ1) is 56.3. The highest BCUT2D eigenvalue weighted by atomic mass is 35.5. The summed E-state index contributed by atoms with van der Waals surface area (Å²) in [6.45, 7) is 21.4. The first-order valence-corrected chi connectivity index (χ1v) is 43.5. The Bertz CT molecular complexity index is 4320. The molecule has 0 unspecified atom stereocenters. The van der Waals surface area contributed by atoms with E-state index in [9.17, 15) is 22.8 Å². The van der Waals surface area contributed by atoms with E-state index in [4.69, 9.17) is 69.3 Å². The fraction of sp³-hybridized carbons (Fsp3) is 0.545. The molecule has 4 aliphatic rings. The van der Waals surface area contributed by atoms with Crippen LogP contribution in [-0.4, -0.2) is 281 Å². The lowest BCUT2D eigenvalue weighted by molar-refractivity contribution is -0.119. The van der Waals surface area contributed by atoms with Crippen molar-refractivity contribution in [2.24, 2.45) is 0 Å². The van der Waals surface area contributed by atoms with Gasteiger partial charge in [0.05, 0.1) is 6.26 Å². The number of carbonyl (C=O) groups is 3. The number of rotatable bonds is 34. The Morgan fingerprint density at radius 3 is 0.889 bits per heavy atom. The number of anilines is 8. The van der Waals surface area contributed by atoms with Crippen LogP contribution < -0.4 is 73.8 Å². The van der Waals surface area contributed by atoms with E-state index in [0.29, 0.717) is 104 Å². The third-order valence-electron chi connectivity index (χ3n) is 21.0. The van der Waals surface area contributed by atoms with E-state index in [1.54, 1.807) is 14.0 Å². The zero-order valence-corrected chi connectivity index (χ0v) is 71.5. The molecule has 12 rings (SSSR count). The minimum Gasteiger partial charge on any atom is -0.368 e. The van der Waals surface area contributed by atoms with Gasteiger partial charge in [0, 0.05) is 195 Å². The van der Waals surface area contributed by atoms with E-state index in [-0.39, 0.29) is 24.0 Å². The summed E-state index contributed by atoms with van der Waals surface area (Å²) >= 11 is 24.0. The third kappa shape index (κ3) is 32.5. The topological polar surface area (TPSA) is 454 Å². The molecule has 8 heterocycles. The molecule has 40 heteroatoms. The van der Waals surface area contributed by atoms with Gasteiger partial charge in [-0.3, -0.25) is 24.4 Å². The van der Waals surface area contributed by atoms with E-state index < -0.39 is 10.0 Å². The summed E-state index contributed by atoms with van der Waals surface area (Å²) in [4.78, 5) is 70.0. The number of nitrogen functional groups attached to an aromatic ring is 4. The zero-order chi connectivity index (χ0) is 83.6. The van der Waals surface area contributed by atoms with Gasteiger partial charge in [0.25, 0.3) is 0 Å². The van der Waals surface area contributed by atoms with Crippen molar-refractivity contribution in [1.29, 1.82) is 0 Å². The minimum absolute atomic E-state index is 0.00895. The van der Waals surface area contributed by atoms with Gasteiger partial charge in [-0.25, -0.2) is 43.1 Å². The summed E-state index contributed by atoms with van der Waals surface area (Å²) in [5, 5.41) is 44.6. The van der Waals surface area contributed by atoms with Crippen molar-refractivity contribution in [1.82, 2.24) is 112 Å². The fourth-order valence-electron chi connectivity index (χ4n) is 14.7. The van der Waals surface area contributed by atoms with Gasteiger partial charge in [0.1, 0.15) is 0 Å². The number of benzene rings is 4. The largest absolute Gasteiger partial charge is 0.368 e. The lowest BCUT2D eigenvalue weighted by Crippen LogP contribution is -2.49. The molecule has 0 saturated carbocycles. The van der Waals surface area contributed by atoms with Crippen molar-refractivity contribution in [2.45, 2.75) is 128 Å². The average molecular weight is 1720 g/mol. The Labute approximate surface area is 706 Å². The Balaban J connectivity index is 0.000000178. The number of sulfonamides is 1. The van der Waals surface area contributed by atoms with Crippen molar-refractivity contribution in [3.05, 3.63) is 139 Å². The van der Waals surface area contributed by atoms with Gasteiger partial charge < -0.3 is 69.1 Å². The number of carbonyl (C=O) groups excluding carboxylic acids is 3. The lowest BCUT2D eigenvalue weighted by atomic mass is 10.0. The van der Waals surface area contributed by atoms with E-state index in [0.717, 1.165) is 195 Å². The van der Waals surface area contributed by atoms with Gasteiger partial charge in [0.15, 0.2) is 0 Å². The minimum atomic E-state index is -3.20. The second kappa shape index (κ2) is 47.4. The highest BCUT2D eigenvalue weighted by Gasteiger charge is 2.31. The number of hydrogen-bond donors (Lipinski definition) is 14. The maximum atomic E-state index is 11.9. The number of nitrogens with zero attached hydrogens (tertiary/aromatic N) is 16. The van der Waals surface area contributed by atoms with Crippen LogP contribution in [-0.2, 0) is 40.5 Å². The number of nitrogens with one attached hydrogen (secondary N) is 10. The molecule has 0 spiro atoms. The van der Waals surface area contributed by atoms with Gasteiger partial charge in [-0.15, -0.1) is 20.4 Å². The van der Waals surface area contributed by atoms with Crippen LogP contribution in [0.4, 0.5) is 57.2 Å². The van der Waals surface area contributed by atoms with Gasteiger partial charge >= 0.3 is 12.1 Å². The molecule has 4 aliphatic heterocycles. The molecule has 0 bridgehead atoms. The number of H-pyrrole nitrogens is 4. The number of urea groups is 2. The van der Waals surface area contributed by atoms with Crippen molar-refractivity contribution in [3.63, 3.8) is 0 Å². The Morgan fingerprint density at radius 1 is 0.419 bits per heavy atom. The lowest BCUT2D eigenvalue weighted by Gasteiger charge is -2.38. The molecule has 8 aromatic rings. The van der Waals surface area contributed by atoms with Crippen molar-refractivity contribution < 1.29 is 22.8 Å². The molecule has 5 amide bonds. The summed E-state index contributed by atoms with van der Waals surface area (Å²) in [7, 11) is -1.57. The molecule has 35 nitrogen and oxygen atoms in total. The summed E-state index contributed by atoms with van der Waals surface area (Å²) in [6, 6.07) is 33.4. The monoisotopic (exact) mass is 1710 g/mol. The standard InChI is InChI=1S/C21H33ClN8O.C19H29ClN8O.C19H28ClN7O.C18H28ClN7O2S/c1-15(2)25-21(31)24-10-14-29(11-7-16-3-5-17(22)6-4-16)18-8-12-30(13-9-18)20-26-19(23)27-28-20;1-22-19(29)23-9-13-27(10-6-14-2-4-15(20)5-3-14)16-7-11-28(12-8-16)18-24-17(21)25-26-18;1-14(28)22-9-13-26(10-6-15-2-4-16(20)5-3-15)17-7-11-27(12-8-17)19-23-18(21)24-25-19;1-29(27,28)21-9-13-25(10-6-14-2-4-15(19)5-3-14)16-7-11-26(12-8-16)18-22-17(20)23-24-18/h3-6,15,18H,7-14H2,1-2H3,(H2,24,25,31)(H3,23,26,27,28);2-5,16H,6-13H2,1H3,(H2,22,23,29)(H3,21,24,25,26);2-5,17H,6-13H2,1H3,(H,22,28)(H3,21,23,24,25);2-5,16,21H,6-13H2,1H3,(H3,20,22,23,24). The van der Waals surface area contributed by atoms with Crippen molar-refractivity contribution in [2.75, 3.05) is 187 Å². The van der Waals surface area contributed by atoms with Crippen LogP contribution in [0.1, 0.15) is 94.4 Å². The normalized spacial score (nSPS) is 15.2. The van der Waals surface area contributed by atoms with Gasteiger partial charge in [-0.1, -0.05) is 94.9 Å². The number of hydrogen-bond acceptors (Lipinski definition) is 25. The first kappa shape index (κ1) is 91.7. The Kier molecular flexibility index (Phi) is 37.1. The second-order valence-corrected chi connectivity index (χ2v) is 33.4. The van der Waals surface area contributed by atoms with Gasteiger partial charge in [-0.2, -0.15) is 19.9 Å². The van der Waals surface area contributed by atoms with Crippen LogP contribution in [0.15, 0.2) is 97.1 Å². The SMILES string of the molecule is CC(=O)NCCN(CCc1ccc(Cl)cc1)C1CCN(c2n[nH]c(N)n2)CC1.CC(C)NC(=O)NCCN(CCc1ccc(Cl)cc1)C1CCN(c2n[nH]c(N)n2)CC1.CNC(=O)NCCN(CCc1ccc(Cl)cc1)C1CCN(c2n[nH]c(N)n2)CC1.CS(=O)(=O)NCCN(CCc1ccc(Cl)cc1)C1CCN(c2n[nH]c(N)n2)CC1. The molecule has 18 N–H and O–H groups in total. The van der Waals surface area contributed by atoms with Crippen LogP contribution in [0.2, 0.25) is 20.1 Å². The van der Waals surface area contributed by atoms with Crippen LogP contribution in [0, 0.1) is 0 Å². The van der Waals surface area contributed by atoms with Crippen LogP contribution in [0.5, 0.6) is 0 Å². The molecule has 0 radical (unpaired) electrons. The fourth-order valence-corrected chi connectivity index (χ4v) is 15.7. The second-order valence-electron chi connectivity index (χ2n) is 29.8. The molecule has 0 atom stereocenters. The van der Waals surface area contributed by atoms with Gasteiger partial charge in [0.2, 0.25) is 63.5 Å². The maximum absolute atomic E-state index is 11.9. The number of amides is 5. The van der Waals surface area contributed by atoms with Gasteiger partial charge in [-0.05, 0) is 162 Å². The van der Waals surface area contributed by atoms with E-state index in [1.807, 2.05) is 74.5 Å². The molecular weight excluding hydrogens is 1600 g/mol. The molecule has 4 aromatic heterocycles. The predicted molar refractivity (Wildman–Crippen MR) is 467 cm³/mol. The van der Waals surface area contributed by atoms with Crippen LogP contribution >= 0.6 is 46.4 Å². The highest BCUT2D eigenvalue weighted by Crippen LogP contribution is 2.27. The molecular formula is C77H118Cl4N30O5S. The zero-order valence-electron chi connectivity index (χ0n) is 67.7. The number of piperidine rings is 4. The molecule has 4 aromatic carbocycles. The predicted octanol–water partition coefficient (Wildman–Crippen LogP) is 6.54. The summed E-state index contributed by atoms with van der Waals surface area (Å²) in [5.41, 5.74) is 27.6. The first-order valence-electron chi connectivity index (χ1n) is 40.1. The quantitative estimate of drug-likeness (QED) is 0.0204. The number of aromatic amines is 4. The van der Waals surface area contributed by atoms with Crippen LogP contribution in [0.3, 0.4) is 0 Å². The summed E-state index contributed by atoms with van der Waals surface area (Å²) in [6.07, 6.45) is 12.9. The van der Waals surface area contributed by atoms with E-state index >= 15 is 0 Å². The Hall–Kier alpha value is -9.24. The highest BCUT2D eigenvalue weighted by molar-refractivity contribution is 7.88. The van der Waals surface area contributed by atoms with Crippen LogP contribution in [0.25, 0.3) is 0 Å². The number of halogens is 4. The van der Waals surface area contributed by atoms with E-state index in [1.165, 1.54) is 28.5 Å². The molecule has 4 saturated heterocycles. The average Bonchev–Trinajstić information content (AvgIpc) is 1.83. The molecule has 640 valence electrons. The molecule has 0 aliphatic carbocycles. The smallest absolute Gasteiger partial charge is 0.315 e. The molecule has 117 heavy (non-hydrogen) atoms. The third-order valence-corrected chi connectivity index (χ3v) is 22.7. The number of nitrogens with two attached hydrogens (primary N) is 4.